The molecule has 1 saturated heterocycles. The molecule has 0 spiro atoms. The monoisotopic (exact) mass is 561 g/mol. The number of benzene rings is 2. The summed E-state index contributed by atoms with van der Waals surface area (Å²) in [4.78, 5) is 49.0. The number of nitro groups is 1. The number of thioether (sulfide) groups is 1. The average molecular weight is 563 g/mol. The van der Waals surface area contributed by atoms with E-state index < -0.39 is 28.5 Å². The summed E-state index contributed by atoms with van der Waals surface area (Å²) in [6.45, 7) is -0.446. The van der Waals surface area contributed by atoms with Gasteiger partial charge >= 0.3 is 0 Å². The first-order valence-corrected chi connectivity index (χ1v) is 11.5. The third kappa shape index (κ3) is 5.22. The molecule has 9 nitrogen and oxygen atoms in total. The van der Waals surface area contributed by atoms with Crippen LogP contribution in [0.3, 0.4) is 0 Å². The Bertz CT molecular complexity index is 1350. The van der Waals surface area contributed by atoms with Gasteiger partial charge in [0.15, 0.2) is 0 Å². The van der Waals surface area contributed by atoms with E-state index in [1.54, 1.807) is 24.3 Å². The molecule has 1 aliphatic heterocycles. The van der Waals surface area contributed by atoms with Gasteiger partial charge in [-0.05, 0) is 60.3 Å². The van der Waals surface area contributed by atoms with E-state index in [9.17, 15) is 24.5 Å². The fourth-order valence-corrected chi connectivity index (χ4v) is 4.33. The Morgan fingerprint density at radius 3 is 2.62 bits per heavy atom. The van der Waals surface area contributed by atoms with Crippen molar-refractivity contribution >= 4 is 73.8 Å². The van der Waals surface area contributed by atoms with Gasteiger partial charge in [0.2, 0.25) is 5.91 Å². The smallest absolute Gasteiger partial charge is 0.294 e. The molecular weight excluding hydrogens is 550 g/mol. The molecule has 1 aliphatic rings. The van der Waals surface area contributed by atoms with Crippen LogP contribution in [0.1, 0.15) is 5.76 Å². The van der Waals surface area contributed by atoms with Gasteiger partial charge in [0.05, 0.1) is 15.4 Å². The van der Waals surface area contributed by atoms with Gasteiger partial charge in [-0.1, -0.05) is 27.5 Å². The molecule has 172 valence electrons. The van der Waals surface area contributed by atoms with Crippen molar-refractivity contribution in [3.63, 3.8) is 0 Å². The van der Waals surface area contributed by atoms with Crippen LogP contribution in [0, 0.1) is 10.1 Å². The quantitative estimate of drug-likeness (QED) is 0.224. The number of halogens is 2. The summed E-state index contributed by atoms with van der Waals surface area (Å²) in [5.74, 6) is -0.760. The molecule has 3 aromatic rings. The van der Waals surface area contributed by atoms with E-state index in [0.717, 1.165) is 9.37 Å². The number of nitro benzene ring substituents is 1. The van der Waals surface area contributed by atoms with Crippen LogP contribution in [-0.2, 0) is 9.59 Å². The number of carbonyl (C=O) groups excluding carboxylic acids is 3. The highest BCUT2D eigenvalue weighted by Crippen LogP contribution is 2.36. The summed E-state index contributed by atoms with van der Waals surface area (Å²) in [5, 5.41) is 13.6. The van der Waals surface area contributed by atoms with Gasteiger partial charge in [-0.25, -0.2) is 0 Å². The van der Waals surface area contributed by atoms with Gasteiger partial charge in [0.1, 0.15) is 18.1 Å². The Labute approximate surface area is 210 Å². The van der Waals surface area contributed by atoms with Gasteiger partial charge in [0, 0.05) is 27.3 Å². The molecule has 0 unspecified atom stereocenters. The standard InChI is InChI=1S/C22H13BrClN3O6S/c23-12-1-4-14(5-2-12)25-20(28)11-26-21(29)19(34-22(26)30)10-15-6-8-18(33-15)16-7-3-13(24)9-17(16)27(31)32/h1-10H,11H2,(H,25,28)/b19-10+. The largest absolute Gasteiger partial charge is 0.456 e. The zero-order valence-electron chi connectivity index (χ0n) is 17.0. The molecule has 0 aliphatic carbocycles. The fraction of sp³-hybridized carbons (Fsp3) is 0.0455. The molecule has 0 bridgehead atoms. The van der Waals surface area contributed by atoms with E-state index in [0.29, 0.717) is 17.4 Å². The fourth-order valence-electron chi connectivity index (χ4n) is 3.08. The lowest BCUT2D eigenvalue weighted by Gasteiger charge is -2.12. The highest BCUT2D eigenvalue weighted by molar-refractivity contribution is 9.10. The Hall–Kier alpha value is -3.41. The lowest BCUT2D eigenvalue weighted by molar-refractivity contribution is -0.384. The minimum absolute atomic E-state index is 0.0629. The van der Waals surface area contributed by atoms with Crippen molar-refractivity contribution in [2.45, 2.75) is 0 Å². The second-order valence-corrected chi connectivity index (χ2v) is 9.29. The van der Waals surface area contributed by atoms with Crippen LogP contribution in [0.25, 0.3) is 17.4 Å². The molecule has 4 rings (SSSR count). The van der Waals surface area contributed by atoms with Crippen LogP contribution >= 0.6 is 39.3 Å². The van der Waals surface area contributed by atoms with Gasteiger partial charge in [-0.15, -0.1) is 0 Å². The van der Waals surface area contributed by atoms with Crippen molar-refractivity contribution in [2.24, 2.45) is 0 Å². The van der Waals surface area contributed by atoms with Crippen molar-refractivity contribution in [2.75, 3.05) is 11.9 Å². The molecule has 2 heterocycles. The number of hydrogen-bond donors (Lipinski definition) is 1. The Morgan fingerprint density at radius 1 is 1.18 bits per heavy atom. The predicted octanol–water partition coefficient (Wildman–Crippen LogP) is 5.95. The van der Waals surface area contributed by atoms with E-state index in [1.165, 1.54) is 36.4 Å². The van der Waals surface area contributed by atoms with Crippen molar-refractivity contribution in [1.82, 2.24) is 4.90 Å². The van der Waals surface area contributed by atoms with E-state index in [1.807, 2.05) is 0 Å². The summed E-state index contributed by atoms with van der Waals surface area (Å²) in [6.07, 6.45) is 1.35. The summed E-state index contributed by atoms with van der Waals surface area (Å²) in [6, 6.07) is 14.0. The van der Waals surface area contributed by atoms with Crippen molar-refractivity contribution < 1.29 is 23.7 Å². The Kier molecular flexibility index (Phi) is 6.87. The van der Waals surface area contributed by atoms with Crippen LogP contribution in [-0.4, -0.2) is 33.4 Å². The molecule has 0 atom stereocenters. The molecular formula is C22H13BrClN3O6S. The molecule has 0 saturated carbocycles. The first kappa shape index (κ1) is 23.7. The Balaban J connectivity index is 1.49. The van der Waals surface area contributed by atoms with Crippen LogP contribution in [0.5, 0.6) is 0 Å². The normalized spacial score (nSPS) is 14.6. The molecule has 1 fully saturated rings. The highest BCUT2D eigenvalue weighted by Gasteiger charge is 2.36. The topological polar surface area (TPSA) is 123 Å². The summed E-state index contributed by atoms with van der Waals surface area (Å²) >= 11 is 9.81. The van der Waals surface area contributed by atoms with Crippen LogP contribution < -0.4 is 5.32 Å². The van der Waals surface area contributed by atoms with E-state index >= 15 is 0 Å². The van der Waals surface area contributed by atoms with Crippen molar-refractivity contribution in [3.8, 4) is 11.3 Å². The number of hydrogen-bond acceptors (Lipinski definition) is 7. The Morgan fingerprint density at radius 2 is 1.91 bits per heavy atom. The maximum atomic E-state index is 12.7. The highest BCUT2D eigenvalue weighted by atomic mass is 79.9. The second-order valence-electron chi connectivity index (χ2n) is 6.94. The number of rotatable bonds is 6. The first-order valence-electron chi connectivity index (χ1n) is 9.56. The number of imide groups is 1. The number of anilines is 1. The molecule has 0 radical (unpaired) electrons. The van der Waals surface area contributed by atoms with Crippen LogP contribution in [0.15, 0.2) is 68.4 Å². The lowest BCUT2D eigenvalue weighted by atomic mass is 10.1. The molecule has 1 N–H and O–H groups in total. The van der Waals surface area contributed by atoms with Gasteiger partial charge < -0.3 is 9.73 Å². The third-order valence-electron chi connectivity index (χ3n) is 4.63. The summed E-state index contributed by atoms with van der Waals surface area (Å²) < 4.78 is 6.49. The van der Waals surface area contributed by atoms with Gasteiger partial charge in [0.25, 0.3) is 16.8 Å². The molecule has 3 amide bonds. The SMILES string of the molecule is O=C(CN1C(=O)S/C(=C/c2ccc(-c3ccc(Cl)cc3[N+](=O)[O-])o2)C1=O)Nc1ccc(Br)cc1. The number of nitrogens with one attached hydrogen (secondary N) is 1. The number of nitrogens with zero attached hydrogens (tertiary/aromatic N) is 2. The minimum atomic E-state index is -0.642. The van der Waals surface area contributed by atoms with Crippen molar-refractivity contribution in [1.29, 1.82) is 0 Å². The summed E-state index contributed by atoms with van der Waals surface area (Å²) in [5.41, 5.74) is 0.507. The number of carbonyl (C=O) groups is 3. The zero-order valence-corrected chi connectivity index (χ0v) is 20.1. The average Bonchev–Trinajstić information content (AvgIpc) is 3.35. The lowest BCUT2D eigenvalue weighted by Crippen LogP contribution is -2.36. The molecule has 34 heavy (non-hydrogen) atoms. The molecule has 2 aromatic carbocycles. The minimum Gasteiger partial charge on any atom is -0.456 e. The van der Waals surface area contributed by atoms with Crippen LogP contribution in [0.2, 0.25) is 5.02 Å². The molecule has 12 heteroatoms. The van der Waals surface area contributed by atoms with Crippen LogP contribution in [0.4, 0.5) is 16.2 Å². The zero-order chi connectivity index (χ0) is 24.4. The number of furan rings is 1. The van der Waals surface area contributed by atoms with E-state index in [4.69, 9.17) is 16.0 Å². The maximum Gasteiger partial charge on any atom is 0.294 e. The van der Waals surface area contributed by atoms with E-state index in [-0.39, 0.29) is 32.7 Å². The maximum absolute atomic E-state index is 12.7. The van der Waals surface area contributed by atoms with Gasteiger partial charge in [-0.3, -0.25) is 29.4 Å². The third-order valence-corrected chi connectivity index (χ3v) is 6.30. The second kappa shape index (κ2) is 9.84. The summed E-state index contributed by atoms with van der Waals surface area (Å²) in [7, 11) is 0. The van der Waals surface area contributed by atoms with E-state index in [2.05, 4.69) is 21.2 Å². The number of amides is 3. The first-order chi connectivity index (χ1) is 16.2. The van der Waals surface area contributed by atoms with Gasteiger partial charge in [-0.2, -0.15) is 0 Å². The molecule has 1 aromatic heterocycles. The predicted molar refractivity (Wildman–Crippen MR) is 131 cm³/mol. The van der Waals surface area contributed by atoms with Crippen molar-refractivity contribution in [3.05, 3.63) is 84.9 Å².